The van der Waals surface area contributed by atoms with Gasteiger partial charge in [0.1, 0.15) is 0 Å². The van der Waals surface area contributed by atoms with Crippen LogP contribution in [0.2, 0.25) is 0 Å². The lowest BCUT2D eigenvalue weighted by atomic mass is 10.4. The molecule has 0 N–H and O–H groups in total. The molecule has 6 heteroatoms. The van der Waals surface area contributed by atoms with Gasteiger partial charge in [0, 0.05) is 13.1 Å². The van der Waals surface area contributed by atoms with Crippen molar-refractivity contribution in [2.75, 3.05) is 26.3 Å². The van der Waals surface area contributed by atoms with E-state index in [-0.39, 0.29) is 0 Å². The molecule has 72 valence electrons. The van der Waals surface area contributed by atoms with Crippen molar-refractivity contribution < 1.29 is 4.74 Å². The summed E-state index contributed by atoms with van der Waals surface area (Å²) in [5.41, 5.74) is 0. The van der Waals surface area contributed by atoms with E-state index in [1.54, 1.807) is 0 Å². The van der Waals surface area contributed by atoms with E-state index in [0.717, 1.165) is 41.7 Å². The van der Waals surface area contributed by atoms with E-state index in [1.165, 1.54) is 11.5 Å². The number of morpholine rings is 1. The standard InChI is InChI=1S/C7H10IN3OS/c8-7-9-6(10-13-7)5-11-1-3-12-4-2-11/h1-5H2. The lowest BCUT2D eigenvalue weighted by Gasteiger charge is -2.25. The van der Waals surface area contributed by atoms with Crippen molar-refractivity contribution in [2.45, 2.75) is 6.54 Å². The Morgan fingerprint density at radius 1 is 1.46 bits per heavy atom. The molecule has 1 aromatic rings. The molecule has 0 spiro atoms. The minimum Gasteiger partial charge on any atom is -0.379 e. The molecule has 1 fully saturated rings. The van der Waals surface area contributed by atoms with E-state index in [1.807, 2.05) is 0 Å². The summed E-state index contributed by atoms with van der Waals surface area (Å²) in [5.74, 6) is 0.941. The molecule has 13 heavy (non-hydrogen) atoms. The quantitative estimate of drug-likeness (QED) is 0.763. The van der Waals surface area contributed by atoms with E-state index >= 15 is 0 Å². The van der Waals surface area contributed by atoms with Gasteiger partial charge in [-0.1, -0.05) is 0 Å². The summed E-state index contributed by atoms with van der Waals surface area (Å²) >= 11 is 3.66. The van der Waals surface area contributed by atoms with Crippen LogP contribution in [-0.4, -0.2) is 40.6 Å². The Kier molecular flexibility index (Phi) is 3.47. The van der Waals surface area contributed by atoms with Crippen molar-refractivity contribution in [2.24, 2.45) is 0 Å². The highest BCUT2D eigenvalue weighted by molar-refractivity contribution is 14.1. The Bertz CT molecular complexity index is 274. The van der Waals surface area contributed by atoms with Gasteiger partial charge in [-0.3, -0.25) is 4.90 Å². The van der Waals surface area contributed by atoms with Crippen molar-refractivity contribution in [3.8, 4) is 0 Å². The Morgan fingerprint density at radius 2 is 2.23 bits per heavy atom. The van der Waals surface area contributed by atoms with E-state index in [2.05, 4.69) is 36.8 Å². The number of hydrogen-bond donors (Lipinski definition) is 0. The van der Waals surface area contributed by atoms with Crippen LogP contribution in [0.1, 0.15) is 5.82 Å². The predicted molar refractivity (Wildman–Crippen MR) is 58.7 cm³/mol. The predicted octanol–water partition coefficient (Wildman–Crippen LogP) is 0.975. The second kappa shape index (κ2) is 4.63. The van der Waals surface area contributed by atoms with Gasteiger partial charge in [-0.15, -0.1) is 0 Å². The Labute approximate surface area is 94.6 Å². The van der Waals surface area contributed by atoms with Gasteiger partial charge in [-0.2, -0.15) is 4.37 Å². The molecule has 0 amide bonds. The lowest BCUT2D eigenvalue weighted by Crippen LogP contribution is -2.35. The molecule has 0 unspecified atom stereocenters. The van der Waals surface area contributed by atoms with E-state index in [4.69, 9.17) is 4.74 Å². The zero-order valence-electron chi connectivity index (χ0n) is 7.07. The molecule has 0 aromatic carbocycles. The van der Waals surface area contributed by atoms with Gasteiger partial charge in [0.05, 0.1) is 19.8 Å². The fourth-order valence-corrected chi connectivity index (χ4v) is 2.26. The average molecular weight is 311 g/mol. The highest BCUT2D eigenvalue weighted by atomic mass is 127. The maximum absolute atomic E-state index is 5.26. The first-order chi connectivity index (χ1) is 6.34. The zero-order chi connectivity index (χ0) is 9.10. The second-order valence-corrected chi connectivity index (χ2v) is 5.36. The number of ether oxygens (including phenoxy) is 1. The first-order valence-corrected chi connectivity index (χ1v) is 5.98. The minimum absolute atomic E-state index is 0.835. The maximum atomic E-state index is 5.26. The minimum atomic E-state index is 0.835. The van der Waals surface area contributed by atoms with Gasteiger partial charge in [0.15, 0.2) is 8.84 Å². The van der Waals surface area contributed by atoms with Gasteiger partial charge in [-0.25, -0.2) is 4.98 Å². The number of hydrogen-bond acceptors (Lipinski definition) is 5. The maximum Gasteiger partial charge on any atom is 0.174 e. The van der Waals surface area contributed by atoms with E-state index < -0.39 is 0 Å². The highest BCUT2D eigenvalue weighted by Gasteiger charge is 2.12. The summed E-state index contributed by atoms with van der Waals surface area (Å²) in [6, 6.07) is 0. The van der Waals surface area contributed by atoms with Crippen LogP contribution in [0, 0.1) is 3.01 Å². The topological polar surface area (TPSA) is 38.2 Å². The van der Waals surface area contributed by atoms with Crippen LogP contribution in [-0.2, 0) is 11.3 Å². The number of nitrogens with zero attached hydrogens (tertiary/aromatic N) is 3. The van der Waals surface area contributed by atoms with Crippen LogP contribution in [0.5, 0.6) is 0 Å². The molecule has 2 rings (SSSR count). The molecular formula is C7H10IN3OS. The summed E-state index contributed by atoms with van der Waals surface area (Å²) < 4.78 is 10.5. The molecule has 2 heterocycles. The van der Waals surface area contributed by atoms with E-state index in [0.29, 0.717) is 0 Å². The smallest absolute Gasteiger partial charge is 0.174 e. The summed E-state index contributed by atoms with van der Waals surface area (Å²) in [6.45, 7) is 4.52. The SMILES string of the molecule is Ic1nc(CN2CCOCC2)ns1. The van der Waals surface area contributed by atoms with Crippen LogP contribution in [0.25, 0.3) is 0 Å². The van der Waals surface area contributed by atoms with Crippen molar-refractivity contribution >= 4 is 34.1 Å². The summed E-state index contributed by atoms with van der Waals surface area (Å²) in [6.07, 6.45) is 0. The van der Waals surface area contributed by atoms with Crippen molar-refractivity contribution in [1.82, 2.24) is 14.3 Å². The highest BCUT2D eigenvalue weighted by Crippen LogP contribution is 2.09. The molecule has 4 nitrogen and oxygen atoms in total. The van der Waals surface area contributed by atoms with Crippen LogP contribution in [0.4, 0.5) is 0 Å². The largest absolute Gasteiger partial charge is 0.379 e. The van der Waals surface area contributed by atoms with Gasteiger partial charge in [-0.05, 0) is 34.1 Å². The van der Waals surface area contributed by atoms with Gasteiger partial charge in [0.2, 0.25) is 0 Å². The van der Waals surface area contributed by atoms with Gasteiger partial charge in [0.25, 0.3) is 0 Å². The van der Waals surface area contributed by atoms with Crippen LogP contribution < -0.4 is 0 Å². The number of aromatic nitrogens is 2. The molecule has 1 saturated heterocycles. The normalized spacial score (nSPS) is 19.2. The lowest BCUT2D eigenvalue weighted by molar-refractivity contribution is 0.0332. The van der Waals surface area contributed by atoms with Crippen LogP contribution >= 0.6 is 34.1 Å². The Morgan fingerprint density at radius 3 is 2.85 bits per heavy atom. The van der Waals surface area contributed by atoms with Crippen molar-refractivity contribution in [3.05, 3.63) is 8.84 Å². The molecular weight excluding hydrogens is 301 g/mol. The molecule has 0 radical (unpaired) electrons. The van der Waals surface area contributed by atoms with Gasteiger partial charge < -0.3 is 4.74 Å². The Balaban J connectivity index is 1.89. The van der Waals surface area contributed by atoms with Gasteiger partial charge >= 0.3 is 0 Å². The van der Waals surface area contributed by atoms with Crippen LogP contribution in [0.3, 0.4) is 0 Å². The average Bonchev–Trinajstić information content (AvgIpc) is 2.53. The first-order valence-electron chi connectivity index (χ1n) is 4.13. The molecule has 1 aliphatic heterocycles. The molecule has 0 bridgehead atoms. The fraction of sp³-hybridized carbons (Fsp3) is 0.714. The fourth-order valence-electron chi connectivity index (χ4n) is 1.26. The summed E-state index contributed by atoms with van der Waals surface area (Å²) in [5, 5.41) is 0. The monoisotopic (exact) mass is 311 g/mol. The van der Waals surface area contributed by atoms with Crippen molar-refractivity contribution in [1.29, 1.82) is 0 Å². The third-order valence-corrected chi connectivity index (χ3v) is 3.29. The van der Waals surface area contributed by atoms with E-state index in [9.17, 15) is 0 Å². The first kappa shape index (κ1) is 9.75. The molecule has 0 aliphatic carbocycles. The Hall–Kier alpha value is 0.210. The number of rotatable bonds is 2. The zero-order valence-corrected chi connectivity index (χ0v) is 10.0. The van der Waals surface area contributed by atoms with Crippen molar-refractivity contribution in [3.63, 3.8) is 0 Å². The second-order valence-electron chi connectivity index (χ2n) is 2.85. The third kappa shape index (κ3) is 2.83. The summed E-state index contributed by atoms with van der Waals surface area (Å²) in [4.78, 5) is 6.64. The molecule has 1 aliphatic rings. The molecule has 0 saturated carbocycles. The molecule has 1 aromatic heterocycles. The molecule has 0 atom stereocenters. The third-order valence-electron chi connectivity index (χ3n) is 1.91. The number of halogens is 1. The summed E-state index contributed by atoms with van der Waals surface area (Å²) in [7, 11) is 0. The van der Waals surface area contributed by atoms with Crippen LogP contribution in [0.15, 0.2) is 0 Å².